The molecule has 1 unspecified atom stereocenters. The fourth-order valence-corrected chi connectivity index (χ4v) is 4.92. The second-order valence-corrected chi connectivity index (χ2v) is 7.76. The van der Waals surface area contributed by atoms with Crippen molar-refractivity contribution in [3.8, 4) is 0 Å². The number of nitrogens with zero attached hydrogens (tertiary/aromatic N) is 2. The van der Waals surface area contributed by atoms with Crippen LogP contribution in [0, 0.1) is 5.41 Å². The number of hydrogen-bond donors (Lipinski definition) is 1. The molecule has 0 aromatic rings. The lowest BCUT2D eigenvalue weighted by atomic mass is 9.85. The topological polar surface area (TPSA) is 18.5 Å². The van der Waals surface area contributed by atoms with Crippen LogP contribution in [0.1, 0.15) is 58.3 Å². The van der Waals surface area contributed by atoms with Crippen LogP contribution in [0.5, 0.6) is 0 Å². The van der Waals surface area contributed by atoms with Crippen LogP contribution in [-0.2, 0) is 0 Å². The highest BCUT2D eigenvalue weighted by molar-refractivity contribution is 4.93. The van der Waals surface area contributed by atoms with Crippen molar-refractivity contribution in [2.24, 2.45) is 5.41 Å². The van der Waals surface area contributed by atoms with Gasteiger partial charge in [0, 0.05) is 25.7 Å². The van der Waals surface area contributed by atoms with Crippen LogP contribution >= 0.6 is 0 Å². The van der Waals surface area contributed by atoms with Gasteiger partial charge in [0.1, 0.15) is 0 Å². The molecular formula is C18H35N3. The number of hydrogen-bond acceptors (Lipinski definition) is 3. The van der Waals surface area contributed by atoms with E-state index >= 15 is 0 Å². The van der Waals surface area contributed by atoms with E-state index in [1.54, 1.807) is 0 Å². The average molecular weight is 293 g/mol. The molecule has 3 fully saturated rings. The number of nitrogens with one attached hydrogen (secondary N) is 1. The molecule has 122 valence electrons. The molecule has 0 amide bonds. The fourth-order valence-electron chi connectivity index (χ4n) is 4.92. The van der Waals surface area contributed by atoms with Gasteiger partial charge in [-0.25, -0.2) is 0 Å². The van der Waals surface area contributed by atoms with E-state index in [2.05, 4.69) is 22.0 Å². The third-order valence-electron chi connectivity index (χ3n) is 6.13. The van der Waals surface area contributed by atoms with Crippen molar-refractivity contribution in [2.75, 3.05) is 45.8 Å². The summed E-state index contributed by atoms with van der Waals surface area (Å²) in [5.74, 6) is 0. The molecular weight excluding hydrogens is 258 g/mol. The van der Waals surface area contributed by atoms with E-state index in [0.717, 1.165) is 12.6 Å². The summed E-state index contributed by atoms with van der Waals surface area (Å²) < 4.78 is 0. The molecule has 3 heteroatoms. The van der Waals surface area contributed by atoms with Crippen molar-refractivity contribution in [3.63, 3.8) is 0 Å². The molecule has 0 radical (unpaired) electrons. The number of piperidine rings is 1. The van der Waals surface area contributed by atoms with Crippen LogP contribution in [-0.4, -0.2) is 61.7 Å². The van der Waals surface area contributed by atoms with Crippen LogP contribution < -0.4 is 5.32 Å². The molecule has 1 saturated carbocycles. The zero-order valence-corrected chi connectivity index (χ0v) is 14.1. The van der Waals surface area contributed by atoms with E-state index in [1.165, 1.54) is 90.6 Å². The Morgan fingerprint density at radius 1 is 1.00 bits per heavy atom. The second-order valence-electron chi connectivity index (χ2n) is 7.76. The van der Waals surface area contributed by atoms with E-state index in [4.69, 9.17) is 0 Å². The predicted octanol–water partition coefficient (Wildman–Crippen LogP) is 2.72. The quantitative estimate of drug-likeness (QED) is 0.812. The summed E-state index contributed by atoms with van der Waals surface area (Å²) in [4.78, 5) is 5.58. The summed E-state index contributed by atoms with van der Waals surface area (Å²) in [6, 6.07) is 0.864. The van der Waals surface area contributed by atoms with E-state index < -0.39 is 0 Å². The van der Waals surface area contributed by atoms with Gasteiger partial charge in [-0.2, -0.15) is 0 Å². The Balaban J connectivity index is 1.50. The first-order chi connectivity index (χ1) is 10.3. The van der Waals surface area contributed by atoms with Crippen molar-refractivity contribution >= 4 is 0 Å². The van der Waals surface area contributed by atoms with Gasteiger partial charge in [0.25, 0.3) is 0 Å². The van der Waals surface area contributed by atoms with Crippen LogP contribution in [0.15, 0.2) is 0 Å². The zero-order valence-electron chi connectivity index (χ0n) is 14.1. The molecule has 3 aliphatic rings. The average Bonchev–Trinajstić information content (AvgIpc) is 3.17. The highest BCUT2D eigenvalue weighted by Gasteiger charge is 2.38. The molecule has 1 aliphatic carbocycles. The SMILES string of the molecule is CCNCC1(CN2CCC(N3CCCCC3)C2)CCCC1. The molecule has 1 atom stereocenters. The molecule has 2 saturated heterocycles. The van der Waals surface area contributed by atoms with Gasteiger partial charge in [0.2, 0.25) is 0 Å². The van der Waals surface area contributed by atoms with E-state index in [-0.39, 0.29) is 0 Å². The maximum absolute atomic E-state index is 3.64. The summed E-state index contributed by atoms with van der Waals surface area (Å²) >= 11 is 0. The predicted molar refractivity (Wildman–Crippen MR) is 89.7 cm³/mol. The molecule has 2 aliphatic heterocycles. The number of rotatable bonds is 6. The van der Waals surface area contributed by atoms with Gasteiger partial charge in [-0.15, -0.1) is 0 Å². The molecule has 2 heterocycles. The molecule has 0 bridgehead atoms. The van der Waals surface area contributed by atoms with Crippen molar-refractivity contribution < 1.29 is 0 Å². The molecule has 1 N–H and O–H groups in total. The molecule has 0 aromatic heterocycles. The highest BCUT2D eigenvalue weighted by atomic mass is 15.3. The van der Waals surface area contributed by atoms with Gasteiger partial charge < -0.3 is 10.2 Å². The second kappa shape index (κ2) is 7.43. The summed E-state index contributed by atoms with van der Waals surface area (Å²) in [5, 5.41) is 3.64. The summed E-state index contributed by atoms with van der Waals surface area (Å²) in [5.41, 5.74) is 0.590. The lowest BCUT2D eigenvalue weighted by Crippen LogP contribution is -2.44. The number of likely N-dealkylation sites (tertiary alicyclic amines) is 2. The minimum Gasteiger partial charge on any atom is -0.316 e. The maximum Gasteiger partial charge on any atom is 0.0235 e. The molecule has 0 spiro atoms. The highest BCUT2D eigenvalue weighted by Crippen LogP contribution is 2.39. The van der Waals surface area contributed by atoms with Crippen LogP contribution in [0.2, 0.25) is 0 Å². The van der Waals surface area contributed by atoms with Gasteiger partial charge in [0.05, 0.1) is 0 Å². The Morgan fingerprint density at radius 2 is 1.76 bits per heavy atom. The van der Waals surface area contributed by atoms with Crippen LogP contribution in [0.4, 0.5) is 0 Å². The Labute approximate surface area is 131 Å². The Morgan fingerprint density at radius 3 is 2.48 bits per heavy atom. The third-order valence-corrected chi connectivity index (χ3v) is 6.13. The molecule has 3 nitrogen and oxygen atoms in total. The zero-order chi connectivity index (χ0) is 14.5. The Kier molecular flexibility index (Phi) is 5.58. The van der Waals surface area contributed by atoms with Gasteiger partial charge in [0.15, 0.2) is 0 Å². The van der Waals surface area contributed by atoms with Gasteiger partial charge in [-0.05, 0) is 63.7 Å². The lowest BCUT2D eigenvalue weighted by molar-refractivity contribution is 0.138. The largest absolute Gasteiger partial charge is 0.316 e. The normalized spacial score (nSPS) is 31.0. The molecule has 3 rings (SSSR count). The minimum absolute atomic E-state index is 0.590. The smallest absolute Gasteiger partial charge is 0.0235 e. The lowest BCUT2D eigenvalue weighted by Gasteiger charge is -2.35. The van der Waals surface area contributed by atoms with Crippen molar-refractivity contribution in [1.29, 1.82) is 0 Å². The Hall–Kier alpha value is -0.120. The van der Waals surface area contributed by atoms with Crippen molar-refractivity contribution in [2.45, 2.75) is 64.3 Å². The molecule has 0 aromatic carbocycles. The van der Waals surface area contributed by atoms with Gasteiger partial charge >= 0.3 is 0 Å². The van der Waals surface area contributed by atoms with Crippen LogP contribution in [0.25, 0.3) is 0 Å². The first-order valence-electron chi connectivity index (χ1n) is 9.48. The van der Waals surface area contributed by atoms with E-state index in [0.29, 0.717) is 5.41 Å². The maximum atomic E-state index is 3.64. The first kappa shape index (κ1) is 15.8. The minimum atomic E-state index is 0.590. The monoisotopic (exact) mass is 293 g/mol. The third kappa shape index (κ3) is 4.00. The van der Waals surface area contributed by atoms with Gasteiger partial charge in [-0.1, -0.05) is 26.2 Å². The van der Waals surface area contributed by atoms with Gasteiger partial charge in [-0.3, -0.25) is 4.90 Å². The molecule has 21 heavy (non-hydrogen) atoms. The summed E-state index contributed by atoms with van der Waals surface area (Å²) in [6.07, 6.45) is 11.5. The summed E-state index contributed by atoms with van der Waals surface area (Å²) in [6.45, 7) is 11.4. The fraction of sp³-hybridized carbons (Fsp3) is 1.00. The first-order valence-corrected chi connectivity index (χ1v) is 9.48. The Bertz CT molecular complexity index is 306. The summed E-state index contributed by atoms with van der Waals surface area (Å²) in [7, 11) is 0. The van der Waals surface area contributed by atoms with E-state index in [1.807, 2.05) is 0 Å². The van der Waals surface area contributed by atoms with Crippen molar-refractivity contribution in [3.05, 3.63) is 0 Å². The van der Waals surface area contributed by atoms with Crippen molar-refractivity contribution in [1.82, 2.24) is 15.1 Å². The van der Waals surface area contributed by atoms with E-state index in [9.17, 15) is 0 Å². The van der Waals surface area contributed by atoms with Crippen LogP contribution in [0.3, 0.4) is 0 Å². The standard InChI is InChI=1S/C18H35N3/c1-2-19-15-18(9-4-5-10-18)16-20-13-8-17(14-20)21-11-6-3-7-12-21/h17,19H,2-16H2,1H3.